The molecule has 29 heavy (non-hydrogen) atoms. The molecule has 3 rings (SSSR count). The van der Waals surface area contributed by atoms with Crippen LogP contribution in [0.1, 0.15) is 35.8 Å². The number of aromatic amines is 1. The lowest BCUT2D eigenvalue weighted by atomic mass is 10.3. The predicted molar refractivity (Wildman–Crippen MR) is 118 cm³/mol. The van der Waals surface area contributed by atoms with E-state index < -0.39 is 0 Å². The van der Waals surface area contributed by atoms with Crippen LogP contribution in [0.3, 0.4) is 0 Å². The van der Waals surface area contributed by atoms with Crippen molar-refractivity contribution in [3.8, 4) is 10.6 Å². The average Bonchev–Trinajstić information content (AvgIpc) is 3.35. The fraction of sp³-hybridized carbons (Fsp3) is 0.389. The lowest BCUT2D eigenvalue weighted by Crippen LogP contribution is -2.20. The molecule has 0 saturated heterocycles. The Kier molecular flexibility index (Phi) is 6.93. The number of carbonyl (C=O) groups excluding carboxylic acids is 2. The number of aromatic nitrogens is 4. The summed E-state index contributed by atoms with van der Waals surface area (Å²) in [6.07, 6.45) is 1.67. The molecule has 0 atom stereocenters. The van der Waals surface area contributed by atoms with Crippen molar-refractivity contribution in [1.29, 1.82) is 0 Å². The lowest BCUT2D eigenvalue weighted by Gasteiger charge is -2.05. The van der Waals surface area contributed by atoms with Gasteiger partial charge in [-0.3, -0.25) is 19.3 Å². The van der Waals surface area contributed by atoms with Crippen molar-refractivity contribution < 1.29 is 9.59 Å². The van der Waals surface area contributed by atoms with Crippen LogP contribution in [-0.4, -0.2) is 31.6 Å². The number of thiazole rings is 1. The second kappa shape index (κ2) is 9.42. The molecule has 0 saturated carbocycles. The molecule has 11 heteroatoms. The summed E-state index contributed by atoms with van der Waals surface area (Å²) in [5.41, 5.74) is 0.843. The highest BCUT2D eigenvalue weighted by molar-refractivity contribution is 7.71. The van der Waals surface area contributed by atoms with Crippen LogP contribution >= 0.6 is 34.9 Å². The Morgan fingerprint density at radius 1 is 1.31 bits per heavy atom. The maximum absolute atomic E-state index is 12.5. The summed E-state index contributed by atoms with van der Waals surface area (Å²) in [4.78, 5) is 31.2. The van der Waals surface area contributed by atoms with E-state index in [9.17, 15) is 9.59 Å². The van der Waals surface area contributed by atoms with E-state index in [1.54, 1.807) is 15.9 Å². The normalized spacial score (nSPS) is 10.9. The Hall–Kier alpha value is -2.37. The number of thiophene rings is 1. The molecule has 0 aromatic carbocycles. The number of hydrogen-bond donors (Lipinski definition) is 3. The number of H-pyrrole nitrogens is 1. The van der Waals surface area contributed by atoms with Crippen LogP contribution in [0.2, 0.25) is 0 Å². The van der Waals surface area contributed by atoms with Crippen LogP contribution in [0.5, 0.6) is 0 Å². The highest BCUT2D eigenvalue weighted by Gasteiger charge is 2.15. The Bertz CT molecular complexity index is 1080. The fourth-order valence-corrected chi connectivity index (χ4v) is 4.84. The van der Waals surface area contributed by atoms with Gasteiger partial charge in [-0.1, -0.05) is 6.92 Å². The molecule has 0 bridgehead atoms. The van der Waals surface area contributed by atoms with Gasteiger partial charge in [0.1, 0.15) is 12.4 Å². The van der Waals surface area contributed by atoms with E-state index in [2.05, 4.69) is 25.8 Å². The van der Waals surface area contributed by atoms with E-state index in [0.29, 0.717) is 16.4 Å². The minimum absolute atomic E-state index is 0.0605. The van der Waals surface area contributed by atoms with Gasteiger partial charge in [-0.2, -0.15) is 5.10 Å². The zero-order chi connectivity index (χ0) is 21.0. The monoisotopic (exact) mass is 450 g/mol. The van der Waals surface area contributed by atoms with E-state index >= 15 is 0 Å². The van der Waals surface area contributed by atoms with E-state index in [1.165, 1.54) is 18.3 Å². The largest absolute Gasteiger partial charge is 0.351 e. The average molecular weight is 451 g/mol. The zero-order valence-corrected chi connectivity index (χ0v) is 18.8. The molecule has 0 aliphatic rings. The summed E-state index contributed by atoms with van der Waals surface area (Å²) in [5.74, 6) is 0.515. The van der Waals surface area contributed by atoms with Gasteiger partial charge in [0.2, 0.25) is 11.8 Å². The highest BCUT2D eigenvalue weighted by atomic mass is 32.1. The number of aryl methyl sites for hydroxylation is 2. The summed E-state index contributed by atoms with van der Waals surface area (Å²) in [7, 11) is 0. The lowest BCUT2D eigenvalue weighted by molar-refractivity contribution is -0.119. The summed E-state index contributed by atoms with van der Waals surface area (Å²) in [5, 5.41) is 13.1. The van der Waals surface area contributed by atoms with Crippen LogP contribution in [-0.2, 0) is 29.1 Å². The molecular weight excluding hydrogens is 428 g/mol. The highest BCUT2D eigenvalue weighted by Crippen LogP contribution is 2.34. The molecule has 154 valence electrons. The van der Waals surface area contributed by atoms with Crippen molar-refractivity contribution in [3.63, 3.8) is 0 Å². The van der Waals surface area contributed by atoms with Crippen molar-refractivity contribution in [1.82, 2.24) is 25.1 Å². The van der Waals surface area contributed by atoms with Crippen LogP contribution < -0.4 is 10.6 Å². The quantitative estimate of drug-likeness (QED) is 0.454. The number of carbonyl (C=O) groups is 2. The summed E-state index contributed by atoms with van der Waals surface area (Å²) in [6.45, 7) is 6.11. The minimum Gasteiger partial charge on any atom is -0.351 e. The van der Waals surface area contributed by atoms with Gasteiger partial charge < -0.3 is 10.6 Å². The van der Waals surface area contributed by atoms with Crippen LogP contribution in [0.15, 0.2) is 12.1 Å². The van der Waals surface area contributed by atoms with E-state index in [-0.39, 0.29) is 18.4 Å². The Morgan fingerprint density at radius 3 is 2.83 bits per heavy atom. The number of hydrogen-bond acceptors (Lipinski definition) is 7. The fourth-order valence-electron chi connectivity index (χ4n) is 2.72. The van der Waals surface area contributed by atoms with Crippen molar-refractivity contribution in [2.75, 3.05) is 5.32 Å². The van der Waals surface area contributed by atoms with Crippen molar-refractivity contribution in [2.24, 2.45) is 0 Å². The number of nitrogens with zero attached hydrogens (tertiary/aromatic N) is 3. The molecule has 0 aliphatic carbocycles. The molecule has 0 aliphatic heterocycles. The standard InChI is InChI=1S/C18H22N6O2S3/c1-4-5-14-22-23-18(27)24(14)9-15(26)20-17-21-16(10(2)28-17)13-7-6-12(29-13)8-19-11(3)25/h6-7H,4-5,8-9H2,1-3H3,(H,19,25)(H,23,27)(H,20,21,26). The van der Waals surface area contributed by atoms with Gasteiger partial charge in [-0.15, -0.1) is 22.7 Å². The van der Waals surface area contributed by atoms with E-state index in [0.717, 1.165) is 39.0 Å². The Morgan fingerprint density at radius 2 is 2.10 bits per heavy atom. The third-order valence-corrected chi connectivity index (χ3v) is 6.35. The summed E-state index contributed by atoms with van der Waals surface area (Å²) in [6, 6.07) is 3.96. The van der Waals surface area contributed by atoms with Crippen molar-refractivity contribution in [2.45, 2.75) is 46.7 Å². The third kappa shape index (κ3) is 5.37. The van der Waals surface area contributed by atoms with Crippen molar-refractivity contribution in [3.05, 3.63) is 32.5 Å². The van der Waals surface area contributed by atoms with Gasteiger partial charge >= 0.3 is 0 Å². The first kappa shape index (κ1) is 21.3. The van der Waals surface area contributed by atoms with Gasteiger partial charge in [-0.25, -0.2) is 4.98 Å². The van der Waals surface area contributed by atoms with Gasteiger partial charge in [0.05, 0.1) is 17.1 Å². The molecule has 0 unspecified atom stereocenters. The van der Waals surface area contributed by atoms with Gasteiger partial charge in [0.25, 0.3) is 0 Å². The van der Waals surface area contributed by atoms with Crippen molar-refractivity contribution >= 4 is 51.8 Å². The molecule has 3 aromatic heterocycles. The molecule has 3 aromatic rings. The molecule has 2 amide bonds. The first-order valence-electron chi connectivity index (χ1n) is 9.12. The first-order chi connectivity index (χ1) is 13.9. The van der Waals surface area contributed by atoms with Gasteiger partial charge in [0, 0.05) is 23.1 Å². The Balaban J connectivity index is 1.69. The topological polar surface area (TPSA) is 105 Å². The van der Waals surface area contributed by atoms with Gasteiger partial charge in [0.15, 0.2) is 9.90 Å². The van der Waals surface area contributed by atoms with Crippen LogP contribution in [0.4, 0.5) is 5.13 Å². The molecular formula is C18H22N6O2S3. The first-order valence-corrected chi connectivity index (χ1v) is 11.2. The summed E-state index contributed by atoms with van der Waals surface area (Å²) < 4.78 is 2.15. The van der Waals surface area contributed by atoms with Gasteiger partial charge in [-0.05, 0) is 37.7 Å². The molecule has 3 heterocycles. The molecule has 8 nitrogen and oxygen atoms in total. The number of nitrogens with one attached hydrogen (secondary N) is 3. The van der Waals surface area contributed by atoms with Crippen LogP contribution in [0.25, 0.3) is 10.6 Å². The number of amides is 2. The predicted octanol–water partition coefficient (Wildman–Crippen LogP) is 3.66. The van der Waals surface area contributed by atoms with Crippen LogP contribution in [0, 0.1) is 11.7 Å². The molecule has 0 spiro atoms. The van der Waals surface area contributed by atoms with E-state index in [1.807, 2.05) is 26.0 Å². The molecule has 0 radical (unpaired) electrons. The maximum Gasteiger partial charge on any atom is 0.246 e. The SMILES string of the molecule is CCCc1n[nH]c(=S)n1CC(=O)Nc1nc(-c2ccc(CNC(C)=O)s2)c(C)s1. The van der Waals surface area contributed by atoms with E-state index in [4.69, 9.17) is 12.2 Å². The number of rotatable bonds is 8. The smallest absolute Gasteiger partial charge is 0.246 e. The third-order valence-electron chi connectivity index (χ3n) is 4.06. The molecule has 3 N–H and O–H groups in total. The maximum atomic E-state index is 12.5. The summed E-state index contributed by atoms with van der Waals surface area (Å²) >= 11 is 8.23. The molecule has 0 fully saturated rings. The zero-order valence-electron chi connectivity index (χ0n) is 16.4. The Labute approximate surface area is 181 Å². The number of anilines is 1. The second-order valence-electron chi connectivity index (χ2n) is 6.43. The second-order valence-corrected chi connectivity index (χ2v) is 9.19. The minimum atomic E-state index is -0.197.